The van der Waals surface area contributed by atoms with Crippen molar-refractivity contribution in [3.63, 3.8) is 0 Å². The van der Waals surface area contributed by atoms with Crippen LogP contribution in [0.1, 0.15) is 47.1 Å². The summed E-state index contributed by atoms with van der Waals surface area (Å²) in [5.74, 6) is -1.43. The van der Waals surface area contributed by atoms with Crippen molar-refractivity contribution in [1.82, 2.24) is 8.18 Å². The molecule has 0 spiro atoms. The monoisotopic (exact) mass is 600 g/mol. The van der Waals surface area contributed by atoms with Gasteiger partial charge in [-0.2, -0.15) is 0 Å². The third-order valence-electron chi connectivity index (χ3n) is 5.15. The number of halogens is 2. The standard InChI is InChI=1S/C22H20ClIN3O5S/c1-22(2,3)13-4-6-15(7-5-13)33(31,32)25-17-9-8-16(23)18-19(17)21(29)27(20(18)28)14-10-11-24-26(30)12-14/h4-12,25,30H,1-3H3/q-1. The summed E-state index contributed by atoms with van der Waals surface area (Å²) in [7, 11) is -4.05. The van der Waals surface area contributed by atoms with E-state index in [1.807, 2.05) is 20.8 Å². The molecule has 8 nitrogen and oxygen atoms in total. The van der Waals surface area contributed by atoms with E-state index in [-0.39, 0.29) is 37.8 Å². The number of allylic oxidation sites excluding steroid dienone is 1. The summed E-state index contributed by atoms with van der Waals surface area (Å²) < 4.78 is 31.1. The van der Waals surface area contributed by atoms with Gasteiger partial charge in [0.25, 0.3) is 0 Å². The fourth-order valence-electron chi connectivity index (χ4n) is 3.44. The molecule has 2 N–H and O–H groups in total. The zero-order valence-corrected chi connectivity index (χ0v) is 21.6. The van der Waals surface area contributed by atoms with Crippen LogP contribution in [0, 0.1) is 0 Å². The van der Waals surface area contributed by atoms with Crippen LogP contribution in [0.5, 0.6) is 0 Å². The first-order valence-electron chi connectivity index (χ1n) is 9.75. The molecule has 0 unspecified atom stereocenters. The van der Waals surface area contributed by atoms with Crippen molar-refractivity contribution < 1.29 is 44.7 Å². The van der Waals surface area contributed by atoms with Crippen LogP contribution in [-0.2, 0) is 15.4 Å². The van der Waals surface area contributed by atoms with Gasteiger partial charge in [0.05, 0.1) is 0 Å². The van der Waals surface area contributed by atoms with Gasteiger partial charge in [0.1, 0.15) is 0 Å². The van der Waals surface area contributed by atoms with Gasteiger partial charge in [0.2, 0.25) is 0 Å². The summed E-state index contributed by atoms with van der Waals surface area (Å²) in [6.45, 7) is 6.07. The van der Waals surface area contributed by atoms with E-state index in [0.29, 0.717) is 0 Å². The number of hydrogen-bond acceptors (Lipinski definition) is 6. The van der Waals surface area contributed by atoms with E-state index >= 15 is 0 Å². The van der Waals surface area contributed by atoms with Gasteiger partial charge in [-0.15, -0.1) is 0 Å². The van der Waals surface area contributed by atoms with E-state index < -0.39 is 43.3 Å². The molecule has 33 heavy (non-hydrogen) atoms. The van der Waals surface area contributed by atoms with Crippen LogP contribution in [0.25, 0.3) is 0 Å². The van der Waals surface area contributed by atoms with E-state index in [9.17, 15) is 23.2 Å². The number of carbonyl (C=O) groups excluding carboxylic acids is 2. The average molecular weight is 601 g/mol. The zero-order valence-electron chi connectivity index (χ0n) is 17.8. The van der Waals surface area contributed by atoms with E-state index in [2.05, 4.69) is 4.72 Å². The van der Waals surface area contributed by atoms with Crippen LogP contribution in [0.15, 0.2) is 63.3 Å². The number of amides is 2. The molecule has 2 aromatic rings. The third kappa shape index (κ3) is 4.39. The maximum atomic E-state index is 13.2. The Morgan fingerprint density at radius 3 is 2.24 bits per heavy atom. The van der Waals surface area contributed by atoms with E-state index in [4.69, 9.17) is 11.6 Å². The Bertz CT molecular complexity index is 1330. The molecule has 2 aromatic carbocycles. The molecule has 0 radical (unpaired) electrons. The number of hydrogen-bond donors (Lipinski definition) is 2. The second-order valence-electron chi connectivity index (χ2n) is 8.40. The van der Waals surface area contributed by atoms with Crippen LogP contribution in [0.2, 0.25) is 5.02 Å². The molecule has 2 heterocycles. The summed E-state index contributed by atoms with van der Waals surface area (Å²) in [6, 6.07) is 9.19. The van der Waals surface area contributed by atoms with Crippen molar-refractivity contribution >= 4 is 39.1 Å². The number of fused-ring (bicyclic) bond motifs is 1. The normalized spacial score (nSPS) is 16.5. The number of carbonyl (C=O) groups is 2. The molecule has 2 aliphatic heterocycles. The molecule has 0 saturated heterocycles. The van der Waals surface area contributed by atoms with Crippen molar-refractivity contribution in [1.29, 1.82) is 0 Å². The van der Waals surface area contributed by atoms with Crippen molar-refractivity contribution in [2.75, 3.05) is 4.72 Å². The average Bonchev–Trinajstić information content (AvgIpc) is 3.01. The van der Waals surface area contributed by atoms with Crippen LogP contribution in [-0.4, -0.2) is 33.6 Å². The number of sulfonamides is 1. The van der Waals surface area contributed by atoms with Gasteiger partial charge >= 0.3 is 176 Å². The topological polar surface area (TPSA) is 107 Å². The molecule has 0 atom stereocenters. The predicted octanol–water partition coefficient (Wildman–Crippen LogP) is 1.10. The molecular weight excluding hydrogens is 581 g/mol. The number of hydroxylamine groups is 1. The summed E-state index contributed by atoms with van der Waals surface area (Å²) >= 11 is 5.43. The predicted molar refractivity (Wildman–Crippen MR) is 119 cm³/mol. The van der Waals surface area contributed by atoms with Crippen LogP contribution < -0.4 is 26.2 Å². The molecule has 2 amide bonds. The minimum atomic E-state index is -4.05. The fourth-order valence-corrected chi connectivity index (χ4v) is 6.06. The molecule has 0 fully saturated rings. The summed E-state index contributed by atoms with van der Waals surface area (Å²) in [6.07, 6.45) is 2.85. The SMILES string of the molecule is CC(C)(C)c1ccc(S(=O)(=O)Nc2ccc(Cl)c3c2C(=O)N(C2=CN(O)[I-]C=C2)C3=O)cc1. The molecule has 0 aromatic heterocycles. The summed E-state index contributed by atoms with van der Waals surface area (Å²) in [5, 5.41) is 9.80. The summed E-state index contributed by atoms with van der Waals surface area (Å²) in [4.78, 5) is 27.1. The molecule has 11 heteroatoms. The van der Waals surface area contributed by atoms with Crippen molar-refractivity contribution in [3.8, 4) is 0 Å². The summed E-state index contributed by atoms with van der Waals surface area (Å²) in [5.41, 5.74) is 0.711. The third-order valence-corrected chi connectivity index (χ3v) is 8.38. The maximum absolute atomic E-state index is 13.2. The van der Waals surface area contributed by atoms with Gasteiger partial charge in [-0.1, -0.05) is 20.8 Å². The van der Waals surface area contributed by atoms with E-state index in [1.54, 1.807) is 22.3 Å². The Hall–Kier alpha value is -2.41. The van der Waals surface area contributed by atoms with Gasteiger partial charge in [-0.3, -0.25) is 0 Å². The second-order valence-corrected chi connectivity index (χ2v) is 12.8. The van der Waals surface area contributed by atoms with Gasteiger partial charge in [-0.05, 0) is 11.0 Å². The van der Waals surface area contributed by atoms with E-state index in [1.165, 1.54) is 30.5 Å². The van der Waals surface area contributed by atoms with Gasteiger partial charge in [-0.25, -0.2) is 0 Å². The number of nitrogens with zero attached hydrogens (tertiary/aromatic N) is 2. The number of anilines is 1. The zero-order chi connectivity index (χ0) is 24.1. The fraction of sp³-hybridized carbons (Fsp3) is 0.182. The van der Waals surface area contributed by atoms with Crippen molar-refractivity contribution in [3.05, 3.63) is 80.2 Å². The van der Waals surface area contributed by atoms with E-state index in [0.717, 1.165) is 13.7 Å². The molecule has 0 saturated carbocycles. The van der Waals surface area contributed by atoms with Crippen molar-refractivity contribution in [2.24, 2.45) is 0 Å². The number of nitrogens with one attached hydrogen (secondary N) is 1. The Labute approximate surface area is 207 Å². The second kappa shape index (κ2) is 8.42. The number of rotatable bonds is 4. The van der Waals surface area contributed by atoms with Crippen molar-refractivity contribution in [2.45, 2.75) is 31.1 Å². The molecular formula is C22H20ClIN3O5S-. The molecule has 0 aliphatic carbocycles. The first-order chi connectivity index (χ1) is 15.4. The molecule has 0 bridgehead atoms. The quantitative estimate of drug-likeness (QED) is 0.309. The Morgan fingerprint density at radius 2 is 1.64 bits per heavy atom. The van der Waals surface area contributed by atoms with Crippen LogP contribution >= 0.6 is 11.6 Å². The molecule has 174 valence electrons. The first-order valence-corrected chi connectivity index (χ1v) is 13.8. The number of imide groups is 1. The van der Waals surface area contributed by atoms with Crippen LogP contribution in [0.4, 0.5) is 5.69 Å². The Kier molecular flexibility index (Phi) is 6.06. The van der Waals surface area contributed by atoms with Crippen LogP contribution in [0.3, 0.4) is 0 Å². The Balaban J connectivity index is 1.72. The first kappa shape index (κ1) is 23.7. The van der Waals surface area contributed by atoms with Gasteiger partial charge in [0, 0.05) is 0 Å². The number of benzene rings is 2. The molecule has 2 aliphatic rings. The molecule has 4 rings (SSSR count). The van der Waals surface area contributed by atoms with Gasteiger partial charge in [0.15, 0.2) is 0 Å². The Morgan fingerprint density at radius 1 is 1.00 bits per heavy atom. The van der Waals surface area contributed by atoms with Gasteiger partial charge < -0.3 is 0 Å². The minimum absolute atomic E-state index is 0.0191.